The van der Waals surface area contributed by atoms with Gasteiger partial charge in [0.2, 0.25) is 0 Å². The van der Waals surface area contributed by atoms with E-state index in [1.54, 1.807) is 0 Å². The summed E-state index contributed by atoms with van der Waals surface area (Å²) in [4.78, 5) is 37.5. The fourth-order valence-corrected chi connectivity index (χ4v) is 8.53. The van der Waals surface area contributed by atoms with Gasteiger partial charge in [0.1, 0.15) is 13.2 Å². The molecule has 0 aliphatic carbocycles. The Balaban J connectivity index is 4.28. The van der Waals surface area contributed by atoms with E-state index in [0.29, 0.717) is 17.4 Å². The molecule has 0 saturated carbocycles. The lowest BCUT2D eigenvalue weighted by atomic mass is 10.0. The van der Waals surface area contributed by atoms with Crippen LogP contribution in [0.4, 0.5) is 0 Å². The summed E-state index contributed by atoms with van der Waals surface area (Å²) in [5.41, 5.74) is 0. The number of esters is 2. The van der Waals surface area contributed by atoms with Crippen molar-refractivity contribution >= 4 is 17.9 Å². The highest BCUT2D eigenvalue weighted by atomic mass is 16.7. The molecule has 0 N–H and O–H groups in total. The van der Waals surface area contributed by atoms with E-state index in [1.807, 2.05) is 21.1 Å². The number of allylic oxidation sites excluding steroid dienone is 30. The van der Waals surface area contributed by atoms with Crippen LogP contribution in [0.25, 0.3) is 0 Å². The third-order valence-electron chi connectivity index (χ3n) is 13.6. The zero-order valence-corrected chi connectivity index (χ0v) is 55.6. The molecule has 0 aromatic heterocycles. The van der Waals surface area contributed by atoms with Crippen molar-refractivity contribution in [3.63, 3.8) is 0 Å². The molecular weight excluding hydrogens is 1080 g/mol. The van der Waals surface area contributed by atoms with E-state index in [-0.39, 0.29) is 38.6 Å². The van der Waals surface area contributed by atoms with Gasteiger partial charge in [-0.3, -0.25) is 9.59 Å². The van der Waals surface area contributed by atoms with Gasteiger partial charge in [0, 0.05) is 12.8 Å². The summed E-state index contributed by atoms with van der Waals surface area (Å²) in [7, 11) is 5.90. The number of hydrogen-bond donors (Lipinski definition) is 0. The predicted molar refractivity (Wildman–Crippen MR) is 370 cm³/mol. The monoisotopic (exact) mass is 1200 g/mol. The van der Waals surface area contributed by atoms with Crippen molar-refractivity contribution in [3.05, 3.63) is 182 Å². The molecule has 0 saturated heterocycles. The molecule has 0 heterocycles. The van der Waals surface area contributed by atoms with Crippen LogP contribution in [0, 0.1) is 0 Å². The van der Waals surface area contributed by atoms with E-state index in [2.05, 4.69) is 196 Å². The number of carbonyl (C=O) groups excluding carboxylic acids is 3. The molecule has 0 rings (SSSR count). The summed E-state index contributed by atoms with van der Waals surface area (Å²) in [5, 5.41) is 11.8. The summed E-state index contributed by atoms with van der Waals surface area (Å²) in [6, 6.07) is 0. The van der Waals surface area contributed by atoms with Crippen LogP contribution >= 0.6 is 0 Å². The molecule has 0 fully saturated rings. The van der Waals surface area contributed by atoms with Crippen LogP contribution in [0.5, 0.6) is 0 Å². The zero-order valence-electron chi connectivity index (χ0n) is 55.6. The van der Waals surface area contributed by atoms with Gasteiger partial charge in [0.15, 0.2) is 12.4 Å². The molecule has 0 radical (unpaired) electrons. The van der Waals surface area contributed by atoms with E-state index in [9.17, 15) is 19.5 Å². The van der Waals surface area contributed by atoms with E-state index in [1.165, 1.54) is 57.8 Å². The number of hydrogen-bond acceptors (Lipinski definition) is 8. The lowest BCUT2D eigenvalue weighted by Crippen LogP contribution is -2.44. The lowest BCUT2D eigenvalue weighted by Gasteiger charge is -2.26. The third kappa shape index (κ3) is 67.8. The minimum atomic E-state index is -1.64. The second kappa shape index (κ2) is 66.3. The topological polar surface area (TPSA) is 111 Å². The molecule has 488 valence electrons. The van der Waals surface area contributed by atoms with Gasteiger partial charge in [-0.15, -0.1) is 0 Å². The van der Waals surface area contributed by atoms with Crippen LogP contribution in [0.1, 0.15) is 232 Å². The van der Waals surface area contributed by atoms with Crippen LogP contribution in [0.2, 0.25) is 0 Å². The van der Waals surface area contributed by atoms with Crippen LogP contribution in [0.15, 0.2) is 182 Å². The van der Waals surface area contributed by atoms with Crippen LogP contribution < -0.4 is 5.11 Å². The van der Waals surface area contributed by atoms with Gasteiger partial charge in [-0.05, 0) is 135 Å². The van der Waals surface area contributed by atoms with Crippen molar-refractivity contribution in [3.8, 4) is 0 Å². The molecule has 0 bridgehead atoms. The molecular formula is C78H123NO8. The Morgan fingerprint density at radius 1 is 0.345 bits per heavy atom. The van der Waals surface area contributed by atoms with E-state index in [0.717, 1.165) is 141 Å². The van der Waals surface area contributed by atoms with Crippen LogP contribution in [-0.4, -0.2) is 82.3 Å². The van der Waals surface area contributed by atoms with E-state index >= 15 is 0 Å². The average Bonchev–Trinajstić information content (AvgIpc) is 3.56. The second-order valence-electron chi connectivity index (χ2n) is 23.0. The number of aliphatic carboxylic acids is 1. The minimum absolute atomic E-state index is 0.130. The first-order valence-electron chi connectivity index (χ1n) is 33.9. The maximum atomic E-state index is 12.9. The van der Waals surface area contributed by atoms with Gasteiger partial charge in [-0.1, -0.05) is 267 Å². The molecule has 0 spiro atoms. The smallest absolute Gasteiger partial charge is 0.306 e. The lowest BCUT2D eigenvalue weighted by molar-refractivity contribution is -0.870. The number of ether oxygens (including phenoxy) is 4. The van der Waals surface area contributed by atoms with Crippen molar-refractivity contribution in [1.29, 1.82) is 0 Å². The van der Waals surface area contributed by atoms with Gasteiger partial charge in [-0.2, -0.15) is 0 Å². The molecule has 0 aliphatic rings. The molecule has 87 heavy (non-hydrogen) atoms. The Morgan fingerprint density at radius 2 is 0.621 bits per heavy atom. The number of carbonyl (C=O) groups is 3. The van der Waals surface area contributed by atoms with E-state index in [4.69, 9.17) is 18.9 Å². The van der Waals surface area contributed by atoms with Gasteiger partial charge < -0.3 is 33.3 Å². The molecule has 0 amide bonds. The third-order valence-corrected chi connectivity index (χ3v) is 13.6. The number of rotatable bonds is 60. The highest BCUT2D eigenvalue weighted by Gasteiger charge is 2.22. The SMILES string of the molecule is CC/C=C\C/C=C\C/C=C\C/C=C\C/C=C\C/C=C\C/C=C\C/C=C\C/C=C\CCCCCC(=O)OC(COC(=O)CCCCCCCCCCCCCC/C=C\C/C=C\C/C=C\C/C=C\C/C=C\C/C=C\CC)COC(OCC[N+](C)(C)C)C(=O)[O-]. The Kier molecular flexibility index (Phi) is 62.1. The molecule has 2 unspecified atom stereocenters. The highest BCUT2D eigenvalue weighted by molar-refractivity contribution is 5.70. The maximum Gasteiger partial charge on any atom is 0.306 e. The number of carboxylic acids is 1. The first-order chi connectivity index (χ1) is 42.6. The summed E-state index contributed by atoms with van der Waals surface area (Å²) in [6.45, 7) is 4.46. The number of carboxylic acid groups (broad SMARTS) is 1. The van der Waals surface area contributed by atoms with Gasteiger partial charge in [0.25, 0.3) is 0 Å². The minimum Gasteiger partial charge on any atom is -0.545 e. The zero-order chi connectivity index (χ0) is 63.3. The van der Waals surface area contributed by atoms with Crippen molar-refractivity contribution in [2.75, 3.05) is 47.5 Å². The Bertz CT molecular complexity index is 2080. The number of unbranched alkanes of at least 4 members (excludes halogenated alkanes) is 15. The number of nitrogens with zero attached hydrogens (tertiary/aromatic N) is 1. The second-order valence-corrected chi connectivity index (χ2v) is 23.0. The molecule has 9 nitrogen and oxygen atoms in total. The van der Waals surface area contributed by atoms with Crippen molar-refractivity contribution in [2.24, 2.45) is 0 Å². The van der Waals surface area contributed by atoms with Crippen LogP contribution in [0.3, 0.4) is 0 Å². The predicted octanol–water partition coefficient (Wildman–Crippen LogP) is 19.9. The Hall–Kier alpha value is -5.61. The molecule has 9 heteroatoms. The molecule has 0 aromatic rings. The first kappa shape index (κ1) is 81.4. The van der Waals surface area contributed by atoms with Crippen molar-refractivity contribution in [1.82, 2.24) is 0 Å². The summed E-state index contributed by atoms with van der Waals surface area (Å²) >= 11 is 0. The fraction of sp³-hybridized carbons (Fsp3) is 0.577. The van der Waals surface area contributed by atoms with Gasteiger partial charge in [-0.25, -0.2) is 0 Å². The summed E-state index contributed by atoms with van der Waals surface area (Å²) < 4.78 is 22.7. The number of quaternary nitrogens is 1. The molecule has 2 atom stereocenters. The van der Waals surface area contributed by atoms with Crippen molar-refractivity contribution < 1.29 is 42.9 Å². The maximum absolute atomic E-state index is 12.9. The standard InChI is InChI=1S/C78H123NO8/c1-6-8-10-12-14-16-18-20-22-24-26-28-30-32-34-36-38-40-42-44-46-48-50-52-54-56-58-60-62-64-66-68-75(80)85-72-74(73-86-78(77(82)83)84-71-70-79(3,4)5)87-76(81)69-67-65-63-61-59-57-55-53-51-49-47-45-43-41-39-37-35-33-31-29-27-25-23-21-19-17-15-13-11-9-7-2/h8-11,14-17,20-23,26-29,32-35,38-41,45,47,51,53,57,59,74,78H,6-7,12-13,18-19,24-25,30-31,36-37,42-44,46,48-50,52,54-56,58,60-73H2,1-5H3/b10-8-,11-9-,16-14-,17-15-,22-20-,23-21-,28-26-,29-27-,34-32-,35-33-,40-38-,41-39-,47-45-,53-51-,59-57-. The first-order valence-corrected chi connectivity index (χ1v) is 33.9. The average molecular weight is 1200 g/mol. The van der Waals surface area contributed by atoms with E-state index < -0.39 is 24.3 Å². The highest BCUT2D eigenvalue weighted by Crippen LogP contribution is 2.15. The Morgan fingerprint density at radius 3 is 0.931 bits per heavy atom. The quantitative estimate of drug-likeness (QED) is 0.0195. The summed E-state index contributed by atoms with van der Waals surface area (Å²) in [6.07, 6.45) is 98.1. The van der Waals surface area contributed by atoms with Gasteiger partial charge in [0.05, 0.1) is 40.3 Å². The van der Waals surface area contributed by atoms with Crippen LogP contribution in [-0.2, 0) is 33.3 Å². The van der Waals surface area contributed by atoms with Crippen molar-refractivity contribution in [2.45, 2.75) is 245 Å². The largest absolute Gasteiger partial charge is 0.545 e. The normalized spacial score (nSPS) is 13.9. The Labute approximate surface area is 532 Å². The summed E-state index contributed by atoms with van der Waals surface area (Å²) in [5.74, 6) is -2.35. The molecule has 0 aliphatic heterocycles. The fourth-order valence-electron chi connectivity index (χ4n) is 8.53. The number of likely N-dealkylation sites (N-methyl/N-ethyl adjacent to an activating group) is 1. The molecule has 0 aromatic carbocycles. The van der Waals surface area contributed by atoms with Gasteiger partial charge >= 0.3 is 11.9 Å².